The molecule has 15 heavy (non-hydrogen) atoms. The lowest BCUT2D eigenvalue weighted by Crippen LogP contribution is -2.12. The molecule has 0 fully saturated rings. The molecule has 2 aromatic heterocycles. The molecule has 0 unspecified atom stereocenters. The quantitative estimate of drug-likeness (QED) is 0.811. The highest BCUT2D eigenvalue weighted by atomic mass is 16.5. The molecule has 5 nitrogen and oxygen atoms in total. The standard InChI is InChI=1S/C10H12N4O/c1-2-11-7-9-13-10(15-14-9)8-3-5-12-6-4-8/h3-6,11H,2,7H2,1H3. The van der Waals surface area contributed by atoms with Crippen molar-refractivity contribution in [1.82, 2.24) is 20.4 Å². The van der Waals surface area contributed by atoms with Crippen LogP contribution in [-0.4, -0.2) is 21.7 Å². The topological polar surface area (TPSA) is 63.8 Å². The first-order valence-electron chi connectivity index (χ1n) is 4.84. The van der Waals surface area contributed by atoms with Gasteiger partial charge in [0.1, 0.15) is 0 Å². The van der Waals surface area contributed by atoms with Gasteiger partial charge in [0.2, 0.25) is 0 Å². The third-order valence-corrected chi connectivity index (χ3v) is 1.93. The van der Waals surface area contributed by atoms with Gasteiger partial charge in [0.15, 0.2) is 5.82 Å². The van der Waals surface area contributed by atoms with Crippen molar-refractivity contribution in [1.29, 1.82) is 0 Å². The summed E-state index contributed by atoms with van der Waals surface area (Å²) in [7, 11) is 0. The van der Waals surface area contributed by atoms with Crippen molar-refractivity contribution < 1.29 is 4.52 Å². The Morgan fingerprint density at radius 1 is 1.33 bits per heavy atom. The first-order valence-corrected chi connectivity index (χ1v) is 4.84. The first kappa shape index (κ1) is 9.79. The van der Waals surface area contributed by atoms with Crippen LogP contribution in [0.1, 0.15) is 12.7 Å². The van der Waals surface area contributed by atoms with Crippen molar-refractivity contribution in [2.75, 3.05) is 6.54 Å². The lowest BCUT2D eigenvalue weighted by Gasteiger charge is -1.92. The molecule has 0 amide bonds. The van der Waals surface area contributed by atoms with Gasteiger partial charge in [-0.25, -0.2) is 0 Å². The predicted molar refractivity (Wildman–Crippen MR) is 54.9 cm³/mol. The van der Waals surface area contributed by atoms with Crippen LogP contribution in [0.15, 0.2) is 29.0 Å². The molecule has 0 saturated carbocycles. The van der Waals surface area contributed by atoms with E-state index in [1.54, 1.807) is 12.4 Å². The molecule has 2 rings (SSSR count). The number of nitrogens with one attached hydrogen (secondary N) is 1. The number of pyridine rings is 1. The monoisotopic (exact) mass is 204 g/mol. The second kappa shape index (κ2) is 4.65. The fourth-order valence-electron chi connectivity index (χ4n) is 1.17. The average molecular weight is 204 g/mol. The number of nitrogens with zero attached hydrogens (tertiary/aromatic N) is 3. The molecule has 0 aliphatic rings. The van der Waals surface area contributed by atoms with E-state index in [0.29, 0.717) is 18.3 Å². The number of rotatable bonds is 4. The molecule has 0 bridgehead atoms. The predicted octanol–water partition coefficient (Wildman–Crippen LogP) is 1.24. The second-order valence-corrected chi connectivity index (χ2v) is 3.03. The third-order valence-electron chi connectivity index (χ3n) is 1.93. The summed E-state index contributed by atoms with van der Waals surface area (Å²) in [5.74, 6) is 1.20. The first-order chi connectivity index (χ1) is 7.40. The van der Waals surface area contributed by atoms with Gasteiger partial charge >= 0.3 is 0 Å². The Morgan fingerprint density at radius 2 is 2.13 bits per heavy atom. The Morgan fingerprint density at radius 3 is 2.87 bits per heavy atom. The SMILES string of the molecule is CCNCc1noc(-c2ccncc2)n1. The van der Waals surface area contributed by atoms with E-state index in [0.717, 1.165) is 12.1 Å². The van der Waals surface area contributed by atoms with Crippen LogP contribution in [0.4, 0.5) is 0 Å². The van der Waals surface area contributed by atoms with E-state index in [1.807, 2.05) is 19.1 Å². The molecule has 0 radical (unpaired) electrons. The molecule has 5 heteroatoms. The van der Waals surface area contributed by atoms with Gasteiger partial charge in [-0.05, 0) is 18.7 Å². The zero-order chi connectivity index (χ0) is 10.5. The molecule has 78 valence electrons. The van der Waals surface area contributed by atoms with Gasteiger partial charge in [0, 0.05) is 18.0 Å². The average Bonchev–Trinajstić information content (AvgIpc) is 2.76. The van der Waals surface area contributed by atoms with E-state index >= 15 is 0 Å². The molecular weight excluding hydrogens is 192 g/mol. The fourth-order valence-corrected chi connectivity index (χ4v) is 1.17. The van der Waals surface area contributed by atoms with E-state index in [2.05, 4.69) is 20.4 Å². The summed E-state index contributed by atoms with van der Waals surface area (Å²) in [4.78, 5) is 8.18. The summed E-state index contributed by atoms with van der Waals surface area (Å²) < 4.78 is 5.12. The summed E-state index contributed by atoms with van der Waals surface area (Å²) in [6.07, 6.45) is 3.40. The smallest absolute Gasteiger partial charge is 0.258 e. The summed E-state index contributed by atoms with van der Waals surface area (Å²) in [6, 6.07) is 3.68. The molecule has 0 atom stereocenters. The van der Waals surface area contributed by atoms with E-state index < -0.39 is 0 Å². The zero-order valence-electron chi connectivity index (χ0n) is 8.47. The van der Waals surface area contributed by atoms with Crippen LogP contribution in [0.25, 0.3) is 11.5 Å². The Balaban J connectivity index is 2.14. The van der Waals surface area contributed by atoms with Crippen molar-refractivity contribution in [3.63, 3.8) is 0 Å². The minimum absolute atomic E-state index is 0.533. The van der Waals surface area contributed by atoms with Crippen LogP contribution in [0.2, 0.25) is 0 Å². The van der Waals surface area contributed by atoms with E-state index in [1.165, 1.54) is 0 Å². The maximum absolute atomic E-state index is 5.12. The van der Waals surface area contributed by atoms with Gasteiger partial charge in [0.25, 0.3) is 5.89 Å². The van der Waals surface area contributed by atoms with Gasteiger partial charge in [-0.15, -0.1) is 0 Å². The van der Waals surface area contributed by atoms with Gasteiger partial charge in [-0.2, -0.15) is 4.98 Å². The summed E-state index contributed by atoms with van der Waals surface area (Å²) in [5, 5.41) is 6.99. The summed E-state index contributed by atoms with van der Waals surface area (Å²) >= 11 is 0. The Labute approximate surface area is 87.5 Å². The van der Waals surface area contributed by atoms with Gasteiger partial charge in [-0.3, -0.25) is 4.98 Å². The minimum atomic E-state index is 0.533. The highest BCUT2D eigenvalue weighted by Gasteiger charge is 2.07. The fraction of sp³-hybridized carbons (Fsp3) is 0.300. The third kappa shape index (κ3) is 2.38. The van der Waals surface area contributed by atoms with Crippen LogP contribution in [0.3, 0.4) is 0 Å². The van der Waals surface area contributed by atoms with E-state index in [-0.39, 0.29) is 0 Å². The highest BCUT2D eigenvalue weighted by Crippen LogP contribution is 2.14. The molecule has 0 aromatic carbocycles. The molecule has 0 aliphatic carbocycles. The van der Waals surface area contributed by atoms with Crippen molar-refractivity contribution in [2.24, 2.45) is 0 Å². The Kier molecular flexibility index (Phi) is 3.04. The number of aromatic nitrogens is 3. The molecule has 0 saturated heterocycles. The normalized spacial score (nSPS) is 10.5. The molecule has 2 aromatic rings. The summed E-state index contributed by atoms with van der Waals surface area (Å²) in [6.45, 7) is 3.55. The van der Waals surface area contributed by atoms with Gasteiger partial charge in [0.05, 0.1) is 6.54 Å². The van der Waals surface area contributed by atoms with E-state index in [4.69, 9.17) is 4.52 Å². The van der Waals surface area contributed by atoms with Crippen molar-refractivity contribution >= 4 is 0 Å². The van der Waals surface area contributed by atoms with E-state index in [9.17, 15) is 0 Å². The maximum Gasteiger partial charge on any atom is 0.258 e. The largest absolute Gasteiger partial charge is 0.334 e. The van der Waals surface area contributed by atoms with Crippen LogP contribution < -0.4 is 5.32 Å². The van der Waals surface area contributed by atoms with Crippen molar-refractivity contribution in [3.8, 4) is 11.5 Å². The second-order valence-electron chi connectivity index (χ2n) is 3.03. The Hall–Kier alpha value is -1.75. The van der Waals surface area contributed by atoms with Crippen LogP contribution in [-0.2, 0) is 6.54 Å². The van der Waals surface area contributed by atoms with Crippen LogP contribution in [0.5, 0.6) is 0 Å². The minimum Gasteiger partial charge on any atom is -0.334 e. The maximum atomic E-state index is 5.12. The molecule has 1 N–H and O–H groups in total. The van der Waals surface area contributed by atoms with Crippen LogP contribution >= 0.6 is 0 Å². The molecular formula is C10H12N4O. The lowest BCUT2D eigenvalue weighted by atomic mass is 10.3. The lowest BCUT2D eigenvalue weighted by molar-refractivity contribution is 0.420. The van der Waals surface area contributed by atoms with Crippen LogP contribution in [0, 0.1) is 0 Å². The van der Waals surface area contributed by atoms with Gasteiger partial charge in [-0.1, -0.05) is 12.1 Å². The molecule has 0 aliphatic heterocycles. The highest BCUT2D eigenvalue weighted by molar-refractivity contribution is 5.50. The molecule has 0 spiro atoms. The zero-order valence-corrected chi connectivity index (χ0v) is 8.47. The summed E-state index contributed by atoms with van der Waals surface area (Å²) in [5.41, 5.74) is 0.889. The van der Waals surface area contributed by atoms with Crippen molar-refractivity contribution in [2.45, 2.75) is 13.5 Å². The molecule has 2 heterocycles. The number of hydrogen-bond acceptors (Lipinski definition) is 5. The Bertz CT molecular complexity index is 412. The van der Waals surface area contributed by atoms with Crippen molar-refractivity contribution in [3.05, 3.63) is 30.4 Å². The van der Waals surface area contributed by atoms with Gasteiger partial charge < -0.3 is 9.84 Å². The number of hydrogen-bond donors (Lipinski definition) is 1.